The minimum atomic E-state index is -0.326. The molecule has 1 aromatic carbocycles. The van der Waals surface area contributed by atoms with Crippen molar-refractivity contribution in [2.45, 2.75) is 0 Å². The Morgan fingerprint density at radius 3 is 2.58 bits per heavy atom. The zero-order valence-electron chi connectivity index (χ0n) is 10.4. The Morgan fingerprint density at radius 1 is 1.37 bits per heavy atom. The van der Waals surface area contributed by atoms with E-state index < -0.39 is 0 Å². The van der Waals surface area contributed by atoms with Crippen molar-refractivity contribution in [1.29, 1.82) is 10.5 Å². The monoisotopic (exact) mass is 257 g/mol. The van der Waals surface area contributed by atoms with Gasteiger partial charge in [-0.3, -0.25) is 10.2 Å². The van der Waals surface area contributed by atoms with Crippen LogP contribution in [0.3, 0.4) is 0 Å². The number of carbonyl (C=O) groups excluding carboxylic acids is 1. The molecule has 0 unspecified atom stereocenters. The molecule has 7 nitrogen and oxygen atoms in total. The molecule has 0 aliphatic heterocycles. The first-order valence-electron chi connectivity index (χ1n) is 5.20. The van der Waals surface area contributed by atoms with E-state index in [-0.39, 0.29) is 11.6 Å². The number of nitriles is 2. The van der Waals surface area contributed by atoms with Crippen molar-refractivity contribution in [3.8, 4) is 17.9 Å². The number of nitrogens with one attached hydrogen (secondary N) is 2. The second-order valence-corrected chi connectivity index (χ2v) is 3.29. The summed E-state index contributed by atoms with van der Waals surface area (Å²) in [6.07, 6.45) is 0. The minimum absolute atomic E-state index is 0.268. The van der Waals surface area contributed by atoms with Gasteiger partial charge in [-0.05, 0) is 18.2 Å². The van der Waals surface area contributed by atoms with E-state index in [9.17, 15) is 4.79 Å². The lowest BCUT2D eigenvalue weighted by molar-refractivity contribution is 0.0963. The van der Waals surface area contributed by atoms with E-state index in [1.54, 1.807) is 24.3 Å². The van der Waals surface area contributed by atoms with Crippen molar-refractivity contribution >= 4 is 17.3 Å². The summed E-state index contributed by atoms with van der Waals surface area (Å²) in [6, 6.07) is 7.91. The molecule has 7 heteroatoms. The Hall–Kier alpha value is -3.06. The zero-order valence-corrected chi connectivity index (χ0v) is 10.4. The summed E-state index contributed by atoms with van der Waals surface area (Å²) in [4.78, 5) is 11.5. The summed E-state index contributed by atoms with van der Waals surface area (Å²) in [6.45, 7) is 0. The van der Waals surface area contributed by atoms with Gasteiger partial charge in [0, 0.05) is 12.6 Å². The Kier molecular flexibility index (Phi) is 4.88. The van der Waals surface area contributed by atoms with Gasteiger partial charge in [-0.25, -0.2) is 0 Å². The van der Waals surface area contributed by atoms with Gasteiger partial charge in [0.05, 0.1) is 12.8 Å². The maximum atomic E-state index is 11.5. The van der Waals surface area contributed by atoms with Gasteiger partial charge >= 0.3 is 0 Å². The van der Waals surface area contributed by atoms with Gasteiger partial charge in [-0.1, -0.05) is 0 Å². The van der Waals surface area contributed by atoms with E-state index in [0.29, 0.717) is 17.0 Å². The van der Waals surface area contributed by atoms with Crippen LogP contribution in [0.1, 0.15) is 10.4 Å². The zero-order chi connectivity index (χ0) is 14.3. The molecular formula is C12H11N5O2. The van der Waals surface area contributed by atoms with E-state index in [0.717, 1.165) is 0 Å². The summed E-state index contributed by atoms with van der Waals surface area (Å²) in [7, 11) is 2.97. The molecule has 0 saturated heterocycles. The van der Waals surface area contributed by atoms with E-state index in [1.165, 1.54) is 20.2 Å². The van der Waals surface area contributed by atoms with Gasteiger partial charge in [0.15, 0.2) is 0 Å². The summed E-state index contributed by atoms with van der Waals surface area (Å²) in [5, 5.41) is 23.2. The summed E-state index contributed by atoms with van der Waals surface area (Å²) in [5.41, 5.74) is 2.98. The lowest BCUT2D eigenvalue weighted by Crippen LogP contribution is -2.17. The number of methoxy groups -OCH3 is 1. The Bertz CT molecular complexity index is 579. The first-order chi connectivity index (χ1) is 9.15. The molecule has 0 radical (unpaired) electrons. The van der Waals surface area contributed by atoms with Gasteiger partial charge < -0.3 is 10.1 Å². The molecule has 0 atom stereocenters. The summed E-state index contributed by atoms with van der Waals surface area (Å²) < 4.78 is 5.08. The third-order valence-corrected chi connectivity index (χ3v) is 2.19. The van der Waals surface area contributed by atoms with Crippen LogP contribution in [0.25, 0.3) is 0 Å². The minimum Gasteiger partial charge on any atom is -0.495 e. The maximum Gasteiger partial charge on any atom is 0.251 e. The first kappa shape index (κ1) is 14.0. The average molecular weight is 257 g/mol. The molecular weight excluding hydrogens is 246 g/mol. The molecule has 0 spiro atoms. The van der Waals surface area contributed by atoms with Crippen molar-refractivity contribution < 1.29 is 9.53 Å². The number of hydrogen-bond donors (Lipinski definition) is 2. The van der Waals surface area contributed by atoms with Crippen molar-refractivity contribution in [2.75, 3.05) is 19.6 Å². The van der Waals surface area contributed by atoms with Crippen LogP contribution < -0.4 is 15.5 Å². The quantitative estimate of drug-likeness (QED) is 0.614. The fourth-order valence-corrected chi connectivity index (χ4v) is 1.27. The summed E-state index contributed by atoms with van der Waals surface area (Å²) in [5.74, 6) is 0.169. The third kappa shape index (κ3) is 3.45. The van der Waals surface area contributed by atoms with Crippen LogP contribution in [-0.4, -0.2) is 25.8 Å². The highest BCUT2D eigenvalue weighted by Gasteiger charge is 2.08. The van der Waals surface area contributed by atoms with Crippen LogP contribution in [-0.2, 0) is 0 Å². The van der Waals surface area contributed by atoms with Crippen molar-refractivity contribution in [2.24, 2.45) is 5.10 Å². The van der Waals surface area contributed by atoms with E-state index in [2.05, 4.69) is 15.8 Å². The number of hydrogen-bond acceptors (Lipinski definition) is 6. The lowest BCUT2D eigenvalue weighted by Gasteiger charge is -2.09. The molecule has 0 heterocycles. The van der Waals surface area contributed by atoms with Crippen LogP contribution in [0, 0.1) is 22.7 Å². The van der Waals surface area contributed by atoms with Crippen molar-refractivity contribution in [3.05, 3.63) is 23.8 Å². The highest BCUT2D eigenvalue weighted by atomic mass is 16.5. The Balaban J connectivity index is 3.11. The van der Waals surface area contributed by atoms with Crippen molar-refractivity contribution in [3.63, 3.8) is 0 Å². The van der Waals surface area contributed by atoms with Gasteiger partial charge in [-0.2, -0.15) is 15.6 Å². The second-order valence-electron chi connectivity index (χ2n) is 3.29. The van der Waals surface area contributed by atoms with Crippen LogP contribution in [0.4, 0.5) is 5.69 Å². The number of carbonyl (C=O) groups is 1. The molecule has 0 bridgehead atoms. The Morgan fingerprint density at radius 2 is 2.05 bits per heavy atom. The molecule has 96 valence electrons. The predicted molar refractivity (Wildman–Crippen MR) is 68.7 cm³/mol. The fraction of sp³-hybridized carbons (Fsp3) is 0.167. The molecule has 1 aromatic rings. The third-order valence-electron chi connectivity index (χ3n) is 2.19. The fourth-order valence-electron chi connectivity index (χ4n) is 1.27. The Labute approximate surface area is 110 Å². The van der Waals surface area contributed by atoms with Gasteiger partial charge in [0.25, 0.3) is 5.91 Å². The number of rotatable bonds is 4. The smallest absolute Gasteiger partial charge is 0.251 e. The highest BCUT2D eigenvalue weighted by Crippen LogP contribution is 2.25. The molecule has 1 rings (SSSR count). The molecule has 0 aliphatic carbocycles. The summed E-state index contributed by atoms with van der Waals surface area (Å²) >= 11 is 0. The van der Waals surface area contributed by atoms with Gasteiger partial charge in [0.1, 0.15) is 17.9 Å². The number of nitrogens with zero attached hydrogens (tertiary/aromatic N) is 3. The predicted octanol–water partition coefficient (Wildman–Crippen LogP) is 0.870. The SMILES string of the molecule is CNC(=O)c1ccc(OC)c(NN=C(C#N)C#N)c1. The standard InChI is InChI=1S/C12H11N5O2/c1-15-12(18)8-3-4-11(19-2)10(5-8)17-16-9(6-13)7-14/h3-5,17H,1-2H3,(H,15,18). The van der Waals surface area contributed by atoms with Crippen LogP contribution in [0.2, 0.25) is 0 Å². The molecule has 2 N–H and O–H groups in total. The van der Waals surface area contributed by atoms with Gasteiger partial charge in [0.2, 0.25) is 5.71 Å². The van der Waals surface area contributed by atoms with Crippen LogP contribution in [0.5, 0.6) is 5.75 Å². The second kappa shape index (κ2) is 6.62. The van der Waals surface area contributed by atoms with Crippen LogP contribution in [0.15, 0.2) is 23.3 Å². The molecule has 0 fully saturated rings. The van der Waals surface area contributed by atoms with E-state index in [1.807, 2.05) is 0 Å². The molecule has 0 saturated carbocycles. The van der Waals surface area contributed by atoms with Crippen molar-refractivity contribution in [1.82, 2.24) is 5.32 Å². The topological polar surface area (TPSA) is 110 Å². The molecule has 0 aliphatic rings. The highest BCUT2D eigenvalue weighted by molar-refractivity contribution is 6.10. The number of amides is 1. The number of hydrazone groups is 1. The van der Waals surface area contributed by atoms with E-state index in [4.69, 9.17) is 15.3 Å². The molecule has 1 amide bonds. The lowest BCUT2D eigenvalue weighted by atomic mass is 10.2. The largest absolute Gasteiger partial charge is 0.495 e. The number of ether oxygens (including phenoxy) is 1. The normalized spacial score (nSPS) is 8.63. The molecule has 0 aromatic heterocycles. The number of anilines is 1. The molecule has 19 heavy (non-hydrogen) atoms. The van der Waals surface area contributed by atoms with E-state index >= 15 is 0 Å². The van der Waals surface area contributed by atoms with Crippen LogP contribution >= 0.6 is 0 Å². The first-order valence-corrected chi connectivity index (χ1v) is 5.20. The maximum absolute atomic E-state index is 11.5. The number of benzene rings is 1. The van der Waals surface area contributed by atoms with Gasteiger partial charge in [-0.15, -0.1) is 0 Å². The average Bonchev–Trinajstić information content (AvgIpc) is 2.47.